The topological polar surface area (TPSA) is 89.5 Å². The summed E-state index contributed by atoms with van der Waals surface area (Å²) in [5.74, 6) is -0.0297. The smallest absolute Gasteiger partial charge is 0.310 e. The third kappa shape index (κ3) is 4.99. The lowest BCUT2D eigenvalue weighted by atomic mass is 9.98. The van der Waals surface area contributed by atoms with E-state index in [1.807, 2.05) is 4.90 Å². The molecule has 1 aliphatic heterocycles. The summed E-state index contributed by atoms with van der Waals surface area (Å²) in [5, 5.41) is 8.48. The van der Waals surface area contributed by atoms with Gasteiger partial charge in [0, 0.05) is 18.1 Å². The SMILES string of the molecule is CCOC(=O)C1CCCN(c2ccc(S(=O)(=O)Cc3ccc(Cl)cc3)nn2)C1. The van der Waals surface area contributed by atoms with E-state index in [9.17, 15) is 13.2 Å². The van der Waals surface area contributed by atoms with Crippen LogP contribution < -0.4 is 4.90 Å². The van der Waals surface area contributed by atoms with Crippen LogP contribution in [-0.4, -0.2) is 44.3 Å². The Morgan fingerprint density at radius 1 is 1.21 bits per heavy atom. The standard InChI is InChI=1S/C19H22ClN3O4S/c1-2-27-19(24)15-4-3-11-23(12-15)17-9-10-18(22-21-17)28(25,26)13-14-5-7-16(20)8-6-14/h5-10,15H,2-4,11-13H2,1H3. The molecule has 1 aliphatic rings. The van der Waals surface area contributed by atoms with Crippen LogP contribution in [0, 0.1) is 5.92 Å². The number of aromatic nitrogens is 2. The maximum absolute atomic E-state index is 12.6. The first-order valence-electron chi connectivity index (χ1n) is 9.11. The number of carbonyl (C=O) groups excluding carboxylic acids is 1. The number of rotatable bonds is 6. The molecule has 0 spiro atoms. The van der Waals surface area contributed by atoms with Crippen molar-refractivity contribution in [1.29, 1.82) is 0 Å². The zero-order valence-electron chi connectivity index (χ0n) is 15.5. The van der Waals surface area contributed by atoms with Crippen LogP contribution in [0.15, 0.2) is 41.4 Å². The molecule has 3 rings (SSSR count). The van der Waals surface area contributed by atoms with Crippen molar-refractivity contribution in [2.24, 2.45) is 5.92 Å². The molecule has 1 unspecified atom stereocenters. The van der Waals surface area contributed by atoms with E-state index >= 15 is 0 Å². The number of halogens is 1. The van der Waals surface area contributed by atoms with Gasteiger partial charge in [0.2, 0.25) is 9.84 Å². The summed E-state index contributed by atoms with van der Waals surface area (Å²) in [7, 11) is -3.61. The van der Waals surface area contributed by atoms with Gasteiger partial charge in [-0.3, -0.25) is 4.79 Å². The Labute approximate surface area is 169 Å². The monoisotopic (exact) mass is 423 g/mol. The second kappa shape index (κ2) is 8.87. The summed E-state index contributed by atoms with van der Waals surface area (Å²) >= 11 is 5.83. The second-order valence-electron chi connectivity index (χ2n) is 6.65. The van der Waals surface area contributed by atoms with Gasteiger partial charge in [0.15, 0.2) is 10.8 Å². The zero-order chi connectivity index (χ0) is 20.1. The zero-order valence-corrected chi connectivity index (χ0v) is 17.1. The van der Waals surface area contributed by atoms with Crippen LogP contribution in [0.25, 0.3) is 0 Å². The molecule has 2 heterocycles. The highest BCUT2D eigenvalue weighted by molar-refractivity contribution is 7.90. The first-order chi connectivity index (χ1) is 13.4. The molecule has 0 aliphatic carbocycles. The summed E-state index contributed by atoms with van der Waals surface area (Å²) in [6, 6.07) is 9.74. The summed E-state index contributed by atoms with van der Waals surface area (Å²) in [5.41, 5.74) is 0.628. The molecule has 150 valence electrons. The molecule has 0 bridgehead atoms. The fourth-order valence-electron chi connectivity index (χ4n) is 3.16. The van der Waals surface area contributed by atoms with Crippen LogP contribution in [0.1, 0.15) is 25.3 Å². The van der Waals surface area contributed by atoms with Crippen LogP contribution in [0.3, 0.4) is 0 Å². The molecule has 28 heavy (non-hydrogen) atoms. The first kappa shape index (κ1) is 20.5. The summed E-state index contributed by atoms with van der Waals surface area (Å²) in [6.07, 6.45) is 1.61. The molecule has 1 saturated heterocycles. The van der Waals surface area contributed by atoms with Gasteiger partial charge in [-0.25, -0.2) is 8.42 Å². The van der Waals surface area contributed by atoms with E-state index in [4.69, 9.17) is 16.3 Å². The molecular formula is C19H22ClN3O4S. The van der Waals surface area contributed by atoms with Crippen LogP contribution >= 0.6 is 11.6 Å². The number of sulfone groups is 1. The van der Waals surface area contributed by atoms with Gasteiger partial charge in [-0.05, 0) is 49.6 Å². The summed E-state index contributed by atoms with van der Waals surface area (Å²) in [4.78, 5) is 13.9. The fourth-order valence-corrected chi connectivity index (χ4v) is 4.50. The van der Waals surface area contributed by atoms with Gasteiger partial charge in [-0.15, -0.1) is 10.2 Å². The van der Waals surface area contributed by atoms with Crippen molar-refractivity contribution >= 4 is 33.2 Å². The number of carbonyl (C=O) groups is 1. The number of nitrogens with zero attached hydrogens (tertiary/aromatic N) is 3. The molecule has 0 amide bonds. The van der Waals surface area contributed by atoms with Crippen LogP contribution in [0.2, 0.25) is 5.02 Å². The average molecular weight is 424 g/mol. The van der Waals surface area contributed by atoms with Gasteiger partial charge in [-0.2, -0.15) is 0 Å². The van der Waals surface area contributed by atoms with E-state index in [0.717, 1.165) is 19.4 Å². The van der Waals surface area contributed by atoms with Crippen molar-refractivity contribution in [3.63, 3.8) is 0 Å². The minimum absolute atomic E-state index is 0.0786. The molecule has 0 radical (unpaired) electrons. The van der Waals surface area contributed by atoms with E-state index in [1.165, 1.54) is 6.07 Å². The van der Waals surface area contributed by atoms with Gasteiger partial charge >= 0.3 is 5.97 Å². The molecule has 2 aromatic rings. The maximum atomic E-state index is 12.6. The van der Waals surface area contributed by atoms with E-state index in [1.54, 1.807) is 37.3 Å². The minimum atomic E-state index is -3.61. The average Bonchev–Trinajstić information content (AvgIpc) is 2.70. The lowest BCUT2D eigenvalue weighted by Gasteiger charge is -2.32. The predicted molar refractivity (Wildman–Crippen MR) is 106 cm³/mol. The summed E-state index contributed by atoms with van der Waals surface area (Å²) < 4.78 is 30.3. The van der Waals surface area contributed by atoms with Crippen LogP contribution in [-0.2, 0) is 25.1 Å². The second-order valence-corrected chi connectivity index (χ2v) is 9.03. The van der Waals surface area contributed by atoms with Crippen molar-refractivity contribution < 1.29 is 17.9 Å². The van der Waals surface area contributed by atoms with Gasteiger partial charge < -0.3 is 9.64 Å². The molecule has 1 atom stereocenters. The number of piperidine rings is 1. The van der Waals surface area contributed by atoms with Crippen molar-refractivity contribution in [2.75, 3.05) is 24.6 Å². The lowest BCUT2D eigenvalue weighted by molar-refractivity contribution is -0.148. The molecule has 0 saturated carbocycles. The Morgan fingerprint density at radius 2 is 1.96 bits per heavy atom. The van der Waals surface area contributed by atoms with Gasteiger partial charge in [0.1, 0.15) is 0 Å². The Kier molecular flexibility index (Phi) is 6.51. The Morgan fingerprint density at radius 3 is 2.61 bits per heavy atom. The van der Waals surface area contributed by atoms with Crippen LogP contribution in [0.4, 0.5) is 5.82 Å². The summed E-state index contributed by atoms with van der Waals surface area (Å²) in [6.45, 7) is 3.37. The normalized spacial score (nSPS) is 17.4. The fraction of sp³-hybridized carbons (Fsp3) is 0.421. The number of esters is 1. The quantitative estimate of drug-likeness (QED) is 0.660. The number of hydrogen-bond donors (Lipinski definition) is 0. The third-order valence-corrected chi connectivity index (χ3v) is 6.40. The maximum Gasteiger partial charge on any atom is 0.310 e. The lowest BCUT2D eigenvalue weighted by Crippen LogP contribution is -2.40. The Balaban J connectivity index is 1.70. The third-order valence-electron chi connectivity index (χ3n) is 4.58. The highest BCUT2D eigenvalue weighted by atomic mass is 35.5. The molecule has 1 fully saturated rings. The molecular weight excluding hydrogens is 402 g/mol. The van der Waals surface area contributed by atoms with E-state index < -0.39 is 9.84 Å². The van der Waals surface area contributed by atoms with Gasteiger partial charge in [0.25, 0.3) is 0 Å². The van der Waals surface area contributed by atoms with E-state index in [0.29, 0.717) is 29.6 Å². The number of ether oxygens (including phenoxy) is 1. The van der Waals surface area contributed by atoms with Gasteiger partial charge in [-0.1, -0.05) is 23.7 Å². The Hall–Kier alpha value is -2.19. The van der Waals surface area contributed by atoms with Crippen molar-refractivity contribution in [3.05, 3.63) is 47.0 Å². The number of benzene rings is 1. The Bertz CT molecular complexity index is 917. The number of anilines is 1. The minimum Gasteiger partial charge on any atom is -0.466 e. The van der Waals surface area contributed by atoms with Gasteiger partial charge in [0.05, 0.1) is 18.3 Å². The van der Waals surface area contributed by atoms with Crippen molar-refractivity contribution in [1.82, 2.24) is 10.2 Å². The molecule has 7 nitrogen and oxygen atoms in total. The molecule has 9 heteroatoms. The highest BCUT2D eigenvalue weighted by Crippen LogP contribution is 2.23. The number of hydrogen-bond acceptors (Lipinski definition) is 7. The molecule has 0 N–H and O–H groups in total. The largest absolute Gasteiger partial charge is 0.466 e. The van der Waals surface area contributed by atoms with E-state index in [-0.39, 0.29) is 22.7 Å². The van der Waals surface area contributed by atoms with E-state index in [2.05, 4.69) is 10.2 Å². The molecule has 1 aromatic carbocycles. The first-order valence-corrected chi connectivity index (χ1v) is 11.1. The molecule has 1 aromatic heterocycles. The van der Waals surface area contributed by atoms with Crippen LogP contribution in [0.5, 0.6) is 0 Å². The highest BCUT2D eigenvalue weighted by Gasteiger charge is 2.28. The van der Waals surface area contributed by atoms with Crippen molar-refractivity contribution in [2.45, 2.75) is 30.5 Å². The van der Waals surface area contributed by atoms with Crippen molar-refractivity contribution in [3.8, 4) is 0 Å². The predicted octanol–water partition coefficient (Wildman–Crippen LogP) is 2.88.